The summed E-state index contributed by atoms with van der Waals surface area (Å²) in [5, 5.41) is 0.349. The van der Waals surface area contributed by atoms with Crippen molar-refractivity contribution in [3.63, 3.8) is 0 Å². The summed E-state index contributed by atoms with van der Waals surface area (Å²) >= 11 is 5.72. The van der Waals surface area contributed by atoms with Crippen LogP contribution in [0.4, 0.5) is 0 Å². The van der Waals surface area contributed by atoms with E-state index in [2.05, 4.69) is 4.74 Å². The summed E-state index contributed by atoms with van der Waals surface area (Å²) in [5.41, 5.74) is 0. The molecule has 0 aliphatic heterocycles. The molecule has 0 aliphatic carbocycles. The number of hydrogen-bond donors (Lipinski definition) is 0. The van der Waals surface area contributed by atoms with Gasteiger partial charge in [-0.1, -0.05) is 11.6 Å². The fourth-order valence-corrected chi connectivity index (χ4v) is 0.971. The molecule has 0 radical (unpaired) electrons. The highest BCUT2D eigenvalue weighted by Gasteiger charge is 2.01. The maximum Gasteiger partial charge on any atom is 0.298 e. The van der Waals surface area contributed by atoms with Gasteiger partial charge in [0.15, 0.2) is 0 Å². The van der Waals surface area contributed by atoms with Crippen LogP contribution in [-0.2, 0) is 4.79 Å². The molecule has 0 N–H and O–H groups in total. The molecule has 3 nitrogen and oxygen atoms in total. The topological polar surface area (TPSA) is 35.5 Å². The van der Waals surface area contributed by atoms with E-state index in [9.17, 15) is 4.79 Å². The number of methoxy groups -OCH3 is 1. The molecule has 1 aromatic carbocycles. The van der Waals surface area contributed by atoms with Crippen LogP contribution in [0.5, 0.6) is 11.5 Å². The zero-order valence-electron chi connectivity index (χ0n) is 6.41. The number of rotatable bonds is 3. The molecule has 0 saturated heterocycles. The van der Waals surface area contributed by atoms with E-state index in [0.29, 0.717) is 23.0 Å². The maximum absolute atomic E-state index is 9.97. The minimum absolute atomic E-state index is 0.326. The van der Waals surface area contributed by atoms with E-state index in [0.717, 1.165) is 0 Å². The summed E-state index contributed by atoms with van der Waals surface area (Å²) in [4.78, 5) is 9.97. The van der Waals surface area contributed by atoms with Gasteiger partial charge in [-0.25, -0.2) is 0 Å². The van der Waals surface area contributed by atoms with Crippen LogP contribution in [-0.4, -0.2) is 13.6 Å². The van der Waals surface area contributed by atoms with Crippen LogP contribution in [0.25, 0.3) is 0 Å². The van der Waals surface area contributed by atoms with Crippen molar-refractivity contribution in [2.24, 2.45) is 0 Å². The lowest BCUT2D eigenvalue weighted by atomic mass is 10.3. The summed E-state index contributed by atoms with van der Waals surface area (Å²) in [6.45, 7) is 0.327. The average molecular weight is 187 g/mol. The van der Waals surface area contributed by atoms with E-state index in [-0.39, 0.29) is 0 Å². The summed E-state index contributed by atoms with van der Waals surface area (Å²) < 4.78 is 9.47. The van der Waals surface area contributed by atoms with Crippen molar-refractivity contribution in [2.75, 3.05) is 7.11 Å². The van der Waals surface area contributed by atoms with E-state index < -0.39 is 0 Å². The summed E-state index contributed by atoms with van der Waals surface area (Å²) in [6.07, 6.45) is 0. The van der Waals surface area contributed by atoms with Crippen molar-refractivity contribution in [3.8, 4) is 11.5 Å². The number of benzene rings is 1. The Morgan fingerprint density at radius 2 is 2.25 bits per heavy atom. The van der Waals surface area contributed by atoms with E-state index in [1.807, 2.05) is 0 Å². The second-order valence-corrected chi connectivity index (χ2v) is 2.42. The first-order valence-corrected chi connectivity index (χ1v) is 3.59. The maximum atomic E-state index is 9.97. The molecule has 4 heteroatoms. The molecule has 12 heavy (non-hydrogen) atoms. The third-order valence-electron chi connectivity index (χ3n) is 1.31. The van der Waals surface area contributed by atoms with Gasteiger partial charge >= 0.3 is 0 Å². The van der Waals surface area contributed by atoms with Crippen molar-refractivity contribution in [1.82, 2.24) is 0 Å². The van der Waals surface area contributed by atoms with Crippen molar-refractivity contribution in [1.29, 1.82) is 0 Å². The Labute approximate surface area is 74.9 Å². The number of carbonyl (C=O) groups is 1. The quantitative estimate of drug-likeness (QED) is 0.677. The number of hydrogen-bond acceptors (Lipinski definition) is 3. The van der Waals surface area contributed by atoms with Gasteiger partial charge < -0.3 is 9.47 Å². The van der Waals surface area contributed by atoms with Crippen LogP contribution in [0.1, 0.15) is 0 Å². The highest BCUT2D eigenvalue weighted by atomic mass is 35.5. The van der Waals surface area contributed by atoms with Crippen molar-refractivity contribution in [2.45, 2.75) is 0 Å². The van der Waals surface area contributed by atoms with Gasteiger partial charge in [0.05, 0.1) is 12.1 Å². The largest absolute Gasteiger partial charge is 0.497 e. The predicted octanol–water partition coefficient (Wildman–Crippen LogP) is 1.88. The lowest BCUT2D eigenvalue weighted by molar-refractivity contribution is -0.120. The Balaban J connectivity index is 2.94. The lowest BCUT2D eigenvalue weighted by Crippen LogP contribution is -1.90. The van der Waals surface area contributed by atoms with E-state index in [1.54, 1.807) is 18.2 Å². The molecule has 0 heterocycles. The van der Waals surface area contributed by atoms with Crippen molar-refractivity contribution >= 4 is 18.1 Å². The smallest absolute Gasteiger partial charge is 0.298 e. The fourth-order valence-electron chi connectivity index (χ4n) is 0.756. The second-order valence-electron chi connectivity index (χ2n) is 2.01. The monoisotopic (exact) mass is 186 g/mol. The van der Waals surface area contributed by atoms with Gasteiger partial charge in [0, 0.05) is 6.07 Å². The van der Waals surface area contributed by atoms with Gasteiger partial charge in [-0.3, -0.25) is 4.79 Å². The van der Waals surface area contributed by atoms with E-state index in [4.69, 9.17) is 16.3 Å². The van der Waals surface area contributed by atoms with Crippen LogP contribution in [0.3, 0.4) is 0 Å². The summed E-state index contributed by atoms with van der Waals surface area (Å²) in [5.74, 6) is 0.950. The van der Waals surface area contributed by atoms with Crippen LogP contribution >= 0.6 is 11.6 Å². The second kappa shape index (κ2) is 3.97. The summed E-state index contributed by atoms with van der Waals surface area (Å²) in [6, 6.07) is 4.79. The number of carbonyl (C=O) groups excluding carboxylic acids is 1. The molecule has 0 fully saturated rings. The molecular weight excluding hydrogens is 180 g/mol. The van der Waals surface area contributed by atoms with Gasteiger partial charge in [0.2, 0.25) is 0 Å². The molecule has 0 unspecified atom stereocenters. The van der Waals surface area contributed by atoms with Gasteiger partial charge in [0.1, 0.15) is 11.5 Å². The van der Waals surface area contributed by atoms with E-state index in [1.165, 1.54) is 7.11 Å². The molecule has 1 aromatic rings. The predicted molar refractivity (Wildman–Crippen MR) is 44.7 cm³/mol. The summed E-state index contributed by atoms with van der Waals surface area (Å²) in [7, 11) is 1.53. The molecular formula is C8H7ClO3. The molecule has 0 bridgehead atoms. The lowest BCUT2D eigenvalue weighted by Gasteiger charge is -2.03. The Kier molecular flexibility index (Phi) is 2.94. The Bertz CT molecular complexity index is 286. The zero-order valence-corrected chi connectivity index (χ0v) is 7.17. The highest BCUT2D eigenvalue weighted by molar-refractivity contribution is 6.32. The van der Waals surface area contributed by atoms with Crippen LogP contribution in [0.2, 0.25) is 5.02 Å². The van der Waals surface area contributed by atoms with E-state index >= 15 is 0 Å². The SMILES string of the molecule is COc1ccc(OC=O)c(Cl)c1. The number of halogens is 1. The minimum atomic E-state index is 0.326. The first-order valence-electron chi connectivity index (χ1n) is 3.21. The third kappa shape index (κ3) is 1.89. The third-order valence-corrected chi connectivity index (χ3v) is 1.61. The normalized spacial score (nSPS) is 9.17. The van der Waals surface area contributed by atoms with Crippen molar-refractivity contribution in [3.05, 3.63) is 23.2 Å². The Morgan fingerprint density at radius 3 is 2.75 bits per heavy atom. The molecule has 0 spiro atoms. The molecule has 0 saturated carbocycles. The minimum Gasteiger partial charge on any atom is -0.497 e. The average Bonchev–Trinajstić information content (AvgIpc) is 2.09. The Morgan fingerprint density at radius 1 is 1.50 bits per heavy atom. The van der Waals surface area contributed by atoms with Crippen LogP contribution < -0.4 is 9.47 Å². The van der Waals surface area contributed by atoms with Crippen molar-refractivity contribution < 1.29 is 14.3 Å². The van der Waals surface area contributed by atoms with Gasteiger partial charge in [-0.15, -0.1) is 0 Å². The molecule has 1 rings (SSSR count). The van der Waals surface area contributed by atoms with Gasteiger partial charge in [0.25, 0.3) is 6.47 Å². The van der Waals surface area contributed by atoms with Gasteiger partial charge in [-0.2, -0.15) is 0 Å². The molecule has 0 atom stereocenters. The molecule has 0 amide bonds. The van der Waals surface area contributed by atoms with Crippen LogP contribution in [0.15, 0.2) is 18.2 Å². The first-order chi connectivity index (χ1) is 5.77. The highest BCUT2D eigenvalue weighted by Crippen LogP contribution is 2.27. The molecule has 64 valence electrons. The number of ether oxygens (including phenoxy) is 2. The first kappa shape index (κ1) is 8.87. The molecule has 0 aromatic heterocycles. The standard InChI is InChI=1S/C8H7ClO3/c1-11-6-2-3-8(12-5-10)7(9)4-6/h2-5H,1H3. The van der Waals surface area contributed by atoms with Gasteiger partial charge in [-0.05, 0) is 12.1 Å². The molecule has 0 aliphatic rings. The van der Waals surface area contributed by atoms with Crippen LogP contribution in [0, 0.1) is 0 Å². The zero-order chi connectivity index (χ0) is 8.97. The Hall–Kier alpha value is -1.22. The fraction of sp³-hybridized carbons (Fsp3) is 0.125.